The van der Waals surface area contributed by atoms with Gasteiger partial charge in [0.25, 0.3) is 0 Å². The van der Waals surface area contributed by atoms with Crippen molar-refractivity contribution in [2.75, 3.05) is 41.3 Å². The third-order valence-electron chi connectivity index (χ3n) is 11.2. The van der Waals surface area contributed by atoms with Gasteiger partial charge in [-0.1, -0.05) is 12.6 Å². The van der Waals surface area contributed by atoms with Crippen molar-refractivity contribution in [3.05, 3.63) is 87.6 Å². The molecule has 3 rings (SSSR count). The van der Waals surface area contributed by atoms with Crippen molar-refractivity contribution in [3.8, 4) is 0 Å². The van der Waals surface area contributed by atoms with Gasteiger partial charge in [0.2, 0.25) is 0 Å². The molecule has 44 heteroatoms. The summed E-state index contributed by atoms with van der Waals surface area (Å²) in [5.74, 6) is 0. The van der Waals surface area contributed by atoms with Gasteiger partial charge in [0.1, 0.15) is 0 Å². The number of aromatic nitrogens is 3. The highest BCUT2D eigenvalue weighted by Crippen LogP contribution is 2.16. The zero-order chi connectivity index (χ0) is 53.5. The maximum absolute atomic E-state index is 8.84. The summed E-state index contributed by atoms with van der Waals surface area (Å²) in [6.07, 6.45) is -8.01. The first-order valence-corrected chi connectivity index (χ1v) is 23.6. The first-order valence-electron chi connectivity index (χ1n) is 22.1. The van der Waals surface area contributed by atoms with Gasteiger partial charge in [-0.15, -0.1) is 0 Å². The van der Waals surface area contributed by atoms with Gasteiger partial charge in [-0.05, 0) is 96.5 Å². The molecule has 0 unspecified atom stereocenters. The quantitative estimate of drug-likeness (QED) is 0.0916. The molecule has 3 heterocycles. The van der Waals surface area contributed by atoms with Crippen LogP contribution in [-0.2, 0) is 12.8 Å². The van der Waals surface area contributed by atoms with Gasteiger partial charge in [-0.2, -0.15) is 0 Å². The second-order valence-corrected chi connectivity index (χ2v) is 19.2. The molecule has 69 heavy (non-hydrogen) atoms. The summed E-state index contributed by atoms with van der Waals surface area (Å²) in [5, 5.41) is 17.7. The summed E-state index contributed by atoms with van der Waals surface area (Å²) >= 11 is 6.63. The van der Waals surface area contributed by atoms with Crippen molar-refractivity contribution in [1.29, 1.82) is 0 Å². The SMILES string of the molecule is C=Cc1ccc(Br)cn1.CN(C)CCc1ccc(B(O)O)cn1.CN(C)CCc1ccc(Br)cn1.[B]B([B])B(B([B])[B])B(B([B])[B])B(B(B([B])[B])B([B])[B])B(B(B([B])[B])B([B])[B])B(B([B])[B])B([B])[B]. The van der Waals surface area contributed by atoms with Crippen LogP contribution in [0.2, 0.25) is 0 Å². The first-order chi connectivity index (χ1) is 32.0. The monoisotopic (exact) mass is 979 g/mol. The fourth-order valence-corrected chi connectivity index (χ4v) is 8.33. The van der Waals surface area contributed by atoms with Crippen LogP contribution in [0.25, 0.3) is 6.08 Å². The van der Waals surface area contributed by atoms with Gasteiger partial charge in [0.05, 0.1) is 5.69 Å². The van der Waals surface area contributed by atoms with Gasteiger partial charge in [0.15, 0.2) is 0 Å². The van der Waals surface area contributed by atoms with E-state index >= 15 is 0 Å². The number of rotatable bonds is 23. The summed E-state index contributed by atoms with van der Waals surface area (Å²) in [4.78, 5) is 16.7. The summed E-state index contributed by atoms with van der Waals surface area (Å²) in [7, 11) is 117. The Kier molecular flexibility index (Phi) is 36.4. The number of nitrogens with zero attached hydrogens (tertiary/aromatic N) is 5. The normalized spacial score (nSPS) is 9.88. The van der Waals surface area contributed by atoms with E-state index in [-0.39, 0.29) is 0 Å². The number of halogens is 2. The molecule has 0 saturated carbocycles. The summed E-state index contributed by atoms with van der Waals surface area (Å²) in [6, 6.07) is 11.4. The molecule has 0 aliphatic rings. The van der Waals surface area contributed by atoms with Crippen LogP contribution >= 0.6 is 31.9 Å². The van der Waals surface area contributed by atoms with E-state index in [1.54, 1.807) is 18.3 Å². The van der Waals surface area contributed by atoms with Crippen LogP contribution in [0.3, 0.4) is 0 Å². The largest absolute Gasteiger partial charge is 0.490 e. The summed E-state index contributed by atoms with van der Waals surface area (Å²) in [5.41, 5.74) is 3.44. The van der Waals surface area contributed by atoms with Crippen LogP contribution in [-0.4, -0.2) is 325 Å². The van der Waals surface area contributed by atoms with Gasteiger partial charge in [0, 0.05) is 312 Å². The maximum Gasteiger partial charge on any atom is 0.490 e. The molecular weight excluding hydrogens is 941 g/mol. The molecule has 3 aromatic rings. The smallest absolute Gasteiger partial charge is 0.423 e. The van der Waals surface area contributed by atoms with Crippen molar-refractivity contribution in [2.45, 2.75) is 12.8 Å². The molecule has 0 aromatic carbocycles. The lowest BCUT2D eigenvalue weighted by Gasteiger charge is -2.52. The van der Waals surface area contributed by atoms with E-state index in [4.69, 9.17) is 149 Å². The third kappa shape index (κ3) is 26.5. The zero-order valence-electron chi connectivity index (χ0n) is 40.4. The van der Waals surface area contributed by atoms with Crippen molar-refractivity contribution in [1.82, 2.24) is 24.8 Å². The predicted octanol–water partition coefficient (Wildman–Crippen LogP) is -9.65. The molecule has 0 aliphatic carbocycles. The second kappa shape index (κ2) is 36.3. The Labute approximate surface area is 464 Å². The van der Waals surface area contributed by atoms with E-state index < -0.39 is 109 Å². The Balaban J connectivity index is 0.00000106. The molecule has 2 N–H and O–H groups in total. The molecule has 0 amide bonds. The Morgan fingerprint density at radius 3 is 1.00 bits per heavy atom. The van der Waals surface area contributed by atoms with E-state index in [1.165, 1.54) is 6.20 Å². The Hall–Kier alpha value is 0.263. The highest BCUT2D eigenvalue weighted by Gasteiger charge is 2.54. The Bertz CT molecular complexity index is 1750. The van der Waals surface area contributed by atoms with Gasteiger partial charge in [-0.3, -0.25) is 15.0 Å². The van der Waals surface area contributed by atoms with Gasteiger partial charge in [-0.25, -0.2) is 0 Å². The number of hydrogen-bond acceptors (Lipinski definition) is 7. The highest BCUT2D eigenvalue weighted by atomic mass is 79.9. The van der Waals surface area contributed by atoms with Crippen LogP contribution in [0.5, 0.6) is 0 Å². The molecule has 0 bridgehead atoms. The van der Waals surface area contributed by atoms with Gasteiger partial charge >= 0.3 is 7.12 Å². The molecule has 36 radical (unpaired) electrons. The molecule has 0 spiro atoms. The fourth-order valence-electron chi connectivity index (χ4n) is 7.86. The molecule has 0 atom stereocenters. The van der Waals surface area contributed by atoms with Crippen molar-refractivity contribution in [2.24, 2.45) is 0 Å². The van der Waals surface area contributed by atoms with E-state index in [0.29, 0.717) is 5.46 Å². The first kappa shape index (κ1) is 69.3. The standard InChI is InChI=1S/C9H15BN2O2.C9H13BrN2.C7H6BrN.B34/c1-12(2)6-5-9-4-3-8(7-11-9)10(13)14;1-12(2)6-5-9-4-3-8(10)7-11-9;1-2-7-4-3-6(8)5-9-7;1-19(2)28(20(3)4)32(27(17)18)34(31(25(13)14)26(15)16)33(29(21(5)6)22(7)8)30(23(9)10)24(11)12/h3-4,7,13-14H,5-6H2,1-2H3;3-4,7H,5-6H2,1-2H3;2-5H,1H2;. The topological polar surface area (TPSA) is 85.6 Å². The molecule has 3 aromatic heterocycles. The molecule has 0 saturated heterocycles. The lowest BCUT2D eigenvalue weighted by atomic mass is 8.29. The Morgan fingerprint density at radius 2 is 0.754 bits per heavy atom. The average Bonchev–Trinajstić information content (AvgIpc) is 3.23. The summed E-state index contributed by atoms with van der Waals surface area (Å²) in [6.45, 7) is 5.57. The van der Waals surface area contributed by atoms with Crippen LogP contribution < -0.4 is 5.46 Å². The fraction of sp³-hybridized carbons (Fsp3) is 0.320. The van der Waals surface area contributed by atoms with Crippen molar-refractivity contribution >= 4 is 292 Å². The lowest BCUT2D eigenvalue weighted by Crippen LogP contribution is -2.90. The maximum atomic E-state index is 8.84. The van der Waals surface area contributed by atoms with Crippen LogP contribution in [0, 0.1) is 0 Å². The van der Waals surface area contributed by atoms with Crippen molar-refractivity contribution < 1.29 is 10.0 Å². The minimum Gasteiger partial charge on any atom is -0.423 e. The number of hydrogen-bond donors (Lipinski definition) is 2. The summed E-state index contributed by atoms with van der Waals surface area (Å²) < 4.78 is 2.03. The molecule has 290 valence electrons. The van der Waals surface area contributed by atoms with E-state index in [1.807, 2.05) is 50.6 Å². The van der Waals surface area contributed by atoms with Gasteiger partial charge < -0.3 is 19.8 Å². The van der Waals surface area contributed by atoms with E-state index in [9.17, 15) is 0 Å². The number of likely N-dealkylation sites (N-methyl/N-ethyl adjacent to an activating group) is 2. The minimum absolute atomic E-state index is 0.429. The molecule has 7 nitrogen and oxygen atoms in total. The molecule has 0 fully saturated rings. The van der Waals surface area contributed by atoms with Crippen LogP contribution in [0.15, 0.2) is 70.5 Å². The van der Waals surface area contributed by atoms with Crippen molar-refractivity contribution in [3.63, 3.8) is 0 Å². The van der Waals surface area contributed by atoms with Crippen LogP contribution in [0.4, 0.5) is 0 Å². The third-order valence-corrected chi connectivity index (χ3v) is 12.1. The highest BCUT2D eigenvalue weighted by molar-refractivity contribution is 9.10. The minimum atomic E-state index is -1.43. The van der Waals surface area contributed by atoms with E-state index in [0.717, 1.165) is 52.0 Å². The molecule has 0 aliphatic heterocycles. The Morgan fingerprint density at radius 1 is 0.449 bits per heavy atom. The predicted molar refractivity (Wildman–Crippen MR) is 348 cm³/mol. The lowest BCUT2D eigenvalue weighted by molar-refractivity contribution is 0.411. The zero-order valence-corrected chi connectivity index (χ0v) is 43.6. The van der Waals surface area contributed by atoms with E-state index in [2.05, 4.69) is 77.3 Å². The molecular formula is C25H34B35Br2N5O2. The second-order valence-electron chi connectivity index (χ2n) is 17.4. The average molecular weight is 975 g/mol. The number of pyridine rings is 3. The van der Waals surface area contributed by atoms with Crippen LogP contribution in [0.1, 0.15) is 17.1 Å².